The topological polar surface area (TPSA) is 177 Å². The molecule has 0 radical (unpaired) electrons. The van der Waals surface area contributed by atoms with Gasteiger partial charge in [0.2, 0.25) is 6.29 Å². The van der Waals surface area contributed by atoms with Crippen LogP contribution in [0.2, 0.25) is 0 Å². The minimum Gasteiger partial charge on any atom is -0.507 e. The fourth-order valence-corrected chi connectivity index (χ4v) is 3.45. The number of aliphatic hydroxyl groups excluding tert-OH is 1. The van der Waals surface area contributed by atoms with Gasteiger partial charge in [0.15, 0.2) is 30.3 Å². The number of aromatic hydroxyl groups is 1. The molecule has 0 aromatic heterocycles. The van der Waals surface area contributed by atoms with Crippen LogP contribution in [0.5, 0.6) is 28.7 Å². The Hall–Kier alpha value is -4.28. The van der Waals surface area contributed by atoms with E-state index in [1.165, 1.54) is 19.9 Å². The number of azide groups is 1. The highest BCUT2D eigenvalue weighted by Gasteiger charge is 2.42. The van der Waals surface area contributed by atoms with Crippen molar-refractivity contribution in [3.05, 3.63) is 49.9 Å². The Bertz CT molecular complexity index is 1230. The summed E-state index contributed by atoms with van der Waals surface area (Å²) in [5.41, 5.74) is 7.82. The van der Waals surface area contributed by atoms with Gasteiger partial charge in [-0.15, -0.1) is 0 Å². The zero-order valence-corrected chi connectivity index (χ0v) is 16.0. The SMILES string of the molecule is Cc1cc(OCN=[N+]=[N-])c(C=O)c2c1C(=O)Oc1c(C)c(O)c3c(c1O2)C(O)OC3=O. The van der Waals surface area contributed by atoms with Gasteiger partial charge >= 0.3 is 11.9 Å². The number of hydrogen-bond donors (Lipinski definition) is 2. The second-order valence-electron chi connectivity index (χ2n) is 6.60. The minimum absolute atomic E-state index is 0.00825. The number of phenols is 1. The molecule has 0 fully saturated rings. The Balaban J connectivity index is 2.00. The Kier molecular flexibility index (Phi) is 4.65. The van der Waals surface area contributed by atoms with Gasteiger partial charge in [0, 0.05) is 10.5 Å². The van der Waals surface area contributed by atoms with E-state index in [1.54, 1.807) is 0 Å². The summed E-state index contributed by atoms with van der Waals surface area (Å²) in [5.74, 6) is -3.25. The Morgan fingerprint density at radius 3 is 2.61 bits per heavy atom. The van der Waals surface area contributed by atoms with Gasteiger partial charge in [0.05, 0.1) is 11.1 Å². The van der Waals surface area contributed by atoms with Gasteiger partial charge < -0.3 is 29.2 Å². The van der Waals surface area contributed by atoms with Crippen LogP contribution in [0.1, 0.15) is 54.1 Å². The van der Waals surface area contributed by atoms with Crippen LogP contribution < -0.4 is 14.2 Å². The summed E-state index contributed by atoms with van der Waals surface area (Å²) >= 11 is 0. The van der Waals surface area contributed by atoms with Crippen molar-refractivity contribution in [2.75, 3.05) is 6.73 Å². The van der Waals surface area contributed by atoms with Crippen molar-refractivity contribution in [2.24, 2.45) is 5.11 Å². The van der Waals surface area contributed by atoms with Crippen LogP contribution in [-0.4, -0.2) is 35.2 Å². The average Bonchev–Trinajstić information content (AvgIpc) is 2.92. The predicted octanol–water partition coefficient (Wildman–Crippen LogP) is 2.95. The molecule has 158 valence electrons. The molecule has 0 aliphatic carbocycles. The molecule has 12 heteroatoms. The molecule has 0 saturated carbocycles. The van der Waals surface area contributed by atoms with Gasteiger partial charge in [0.1, 0.15) is 22.6 Å². The zero-order valence-electron chi connectivity index (χ0n) is 16.0. The van der Waals surface area contributed by atoms with E-state index in [0.29, 0.717) is 11.8 Å². The van der Waals surface area contributed by atoms with Crippen molar-refractivity contribution in [1.29, 1.82) is 0 Å². The van der Waals surface area contributed by atoms with E-state index >= 15 is 0 Å². The molecule has 2 aliphatic heterocycles. The number of cyclic esters (lactones) is 1. The maximum absolute atomic E-state index is 12.9. The van der Waals surface area contributed by atoms with E-state index in [4.69, 9.17) is 24.5 Å². The molecular formula is C19H13N3O9. The number of esters is 2. The van der Waals surface area contributed by atoms with Gasteiger partial charge in [-0.3, -0.25) is 4.79 Å². The smallest absolute Gasteiger partial charge is 0.347 e. The third-order valence-electron chi connectivity index (χ3n) is 4.86. The van der Waals surface area contributed by atoms with E-state index < -0.39 is 30.7 Å². The lowest BCUT2D eigenvalue weighted by Crippen LogP contribution is -2.12. The molecule has 31 heavy (non-hydrogen) atoms. The second kappa shape index (κ2) is 7.20. The zero-order chi connectivity index (χ0) is 22.4. The maximum atomic E-state index is 12.9. The standard InChI is InChI=1S/C19H13N3O9/c1-6-3-9(28-5-21-22-20)8(4-23)15-10(6)17(25)30-14-7(2)13(24)11-12(16(14)29-15)19(27)31-18(11)26/h3-4,19,24,27H,5H2,1-2H3. The molecule has 0 bridgehead atoms. The van der Waals surface area contributed by atoms with Crippen LogP contribution in [0.15, 0.2) is 11.2 Å². The van der Waals surface area contributed by atoms with Crippen molar-refractivity contribution in [3.8, 4) is 28.7 Å². The molecule has 1 unspecified atom stereocenters. The molecule has 0 spiro atoms. The number of carbonyl (C=O) groups excluding carboxylic acids is 3. The fraction of sp³-hybridized carbons (Fsp3) is 0.211. The number of aryl methyl sites for hydroxylation is 1. The number of fused-ring (bicyclic) bond motifs is 4. The van der Waals surface area contributed by atoms with Crippen molar-refractivity contribution in [3.63, 3.8) is 0 Å². The largest absolute Gasteiger partial charge is 0.507 e. The van der Waals surface area contributed by atoms with Crippen molar-refractivity contribution in [1.82, 2.24) is 0 Å². The summed E-state index contributed by atoms with van der Waals surface area (Å²) in [7, 11) is 0. The number of benzene rings is 2. The normalized spacial score (nSPS) is 15.9. The van der Waals surface area contributed by atoms with E-state index in [1.807, 2.05) is 0 Å². The molecular weight excluding hydrogens is 414 g/mol. The van der Waals surface area contributed by atoms with Crippen LogP contribution in [0.3, 0.4) is 0 Å². The lowest BCUT2D eigenvalue weighted by atomic mass is 10.0. The summed E-state index contributed by atoms with van der Waals surface area (Å²) in [6, 6.07) is 1.37. The maximum Gasteiger partial charge on any atom is 0.347 e. The van der Waals surface area contributed by atoms with Gasteiger partial charge in [-0.25, -0.2) is 9.59 Å². The Labute approximate surface area is 173 Å². The first kappa shape index (κ1) is 20.0. The number of rotatable bonds is 4. The first-order valence-corrected chi connectivity index (χ1v) is 8.75. The molecule has 2 aromatic rings. The van der Waals surface area contributed by atoms with E-state index in [-0.39, 0.29) is 50.8 Å². The van der Waals surface area contributed by atoms with Gasteiger partial charge in [-0.05, 0) is 31.0 Å². The number of ether oxygens (including phenoxy) is 4. The monoisotopic (exact) mass is 427 g/mol. The number of aliphatic hydroxyl groups is 1. The first-order chi connectivity index (χ1) is 14.8. The highest BCUT2D eigenvalue weighted by Crippen LogP contribution is 2.53. The summed E-state index contributed by atoms with van der Waals surface area (Å²) < 4.78 is 21.3. The van der Waals surface area contributed by atoms with Crippen molar-refractivity contribution < 1.29 is 43.5 Å². The minimum atomic E-state index is -1.80. The Morgan fingerprint density at radius 1 is 1.19 bits per heavy atom. The first-order valence-electron chi connectivity index (χ1n) is 8.75. The lowest BCUT2D eigenvalue weighted by Gasteiger charge is -2.17. The summed E-state index contributed by atoms with van der Waals surface area (Å²) in [6.07, 6.45) is -1.43. The third-order valence-corrected chi connectivity index (χ3v) is 4.86. The van der Waals surface area contributed by atoms with Crippen LogP contribution in [0.4, 0.5) is 0 Å². The molecule has 2 N–H and O–H groups in total. The van der Waals surface area contributed by atoms with E-state index in [0.717, 1.165) is 0 Å². The highest BCUT2D eigenvalue weighted by molar-refractivity contribution is 6.03. The lowest BCUT2D eigenvalue weighted by molar-refractivity contribution is -0.0555. The highest BCUT2D eigenvalue weighted by atomic mass is 16.6. The molecule has 0 saturated heterocycles. The molecule has 2 aliphatic rings. The van der Waals surface area contributed by atoms with Gasteiger partial charge in [-0.1, -0.05) is 5.11 Å². The molecule has 2 heterocycles. The van der Waals surface area contributed by atoms with Crippen LogP contribution in [0, 0.1) is 13.8 Å². The molecule has 2 aromatic carbocycles. The van der Waals surface area contributed by atoms with E-state index in [2.05, 4.69) is 10.0 Å². The van der Waals surface area contributed by atoms with Crippen LogP contribution >= 0.6 is 0 Å². The van der Waals surface area contributed by atoms with Crippen LogP contribution in [0.25, 0.3) is 10.4 Å². The van der Waals surface area contributed by atoms with Gasteiger partial charge in [-0.2, -0.15) is 0 Å². The average molecular weight is 427 g/mol. The summed E-state index contributed by atoms with van der Waals surface area (Å²) in [4.78, 5) is 39.4. The molecule has 0 amide bonds. The molecule has 12 nitrogen and oxygen atoms in total. The number of carbonyl (C=O) groups is 3. The third kappa shape index (κ3) is 2.89. The Morgan fingerprint density at radius 2 is 1.94 bits per heavy atom. The van der Waals surface area contributed by atoms with Crippen molar-refractivity contribution >= 4 is 18.2 Å². The predicted molar refractivity (Wildman–Crippen MR) is 99.5 cm³/mol. The molecule has 4 rings (SSSR count). The second-order valence-corrected chi connectivity index (χ2v) is 6.60. The van der Waals surface area contributed by atoms with E-state index in [9.17, 15) is 24.6 Å². The number of hydrogen-bond acceptors (Lipinski definition) is 10. The fourth-order valence-electron chi connectivity index (χ4n) is 3.45. The van der Waals surface area contributed by atoms with Gasteiger partial charge in [0.25, 0.3) is 0 Å². The number of aldehydes is 1. The quantitative estimate of drug-likeness (QED) is 0.185. The van der Waals surface area contributed by atoms with Crippen LogP contribution in [-0.2, 0) is 4.74 Å². The number of nitrogens with zero attached hydrogens (tertiary/aromatic N) is 3. The van der Waals surface area contributed by atoms with Crippen molar-refractivity contribution in [2.45, 2.75) is 20.1 Å². The number of phenolic OH excluding ortho intramolecular Hbond substituents is 1. The molecule has 1 atom stereocenters. The summed E-state index contributed by atoms with van der Waals surface area (Å²) in [6.45, 7) is 2.48. The summed E-state index contributed by atoms with van der Waals surface area (Å²) in [5, 5.41) is 23.8.